The molecule has 1 aliphatic heterocycles. The molecule has 3 aromatic carbocycles. The van der Waals surface area contributed by atoms with Crippen molar-refractivity contribution in [3.05, 3.63) is 77.4 Å². The molecule has 142 valence electrons. The summed E-state index contributed by atoms with van der Waals surface area (Å²) in [7, 11) is 0. The van der Waals surface area contributed by atoms with Gasteiger partial charge in [-0.05, 0) is 45.6 Å². The van der Waals surface area contributed by atoms with Gasteiger partial charge in [0, 0.05) is 0 Å². The molecule has 0 saturated carbocycles. The molecule has 0 bridgehead atoms. The molecule has 4 rings (SSSR count). The third-order valence-corrected chi connectivity index (χ3v) is 6.30. The van der Waals surface area contributed by atoms with E-state index in [-0.39, 0.29) is 0 Å². The van der Waals surface area contributed by atoms with Crippen LogP contribution in [0.4, 0.5) is 0 Å². The molecule has 1 heteroatoms. The van der Waals surface area contributed by atoms with Crippen molar-refractivity contribution < 1.29 is 0 Å². The van der Waals surface area contributed by atoms with E-state index in [4.69, 9.17) is 0 Å². The summed E-state index contributed by atoms with van der Waals surface area (Å²) in [6.45, 7) is 14.3. The van der Waals surface area contributed by atoms with E-state index in [2.05, 4.69) is 102 Å². The average Bonchev–Trinajstić information content (AvgIpc) is 3.01. The zero-order valence-electron chi connectivity index (χ0n) is 18.1. The molecule has 0 saturated heterocycles. The summed E-state index contributed by atoms with van der Waals surface area (Å²) >= 11 is 0. The Hall–Kier alpha value is -2.28. The van der Waals surface area contributed by atoms with Gasteiger partial charge in [0.15, 0.2) is 0 Å². The van der Waals surface area contributed by atoms with Crippen molar-refractivity contribution in [3.63, 3.8) is 0 Å². The molecule has 0 unspecified atom stereocenters. The molecule has 3 aromatic rings. The van der Waals surface area contributed by atoms with E-state index in [1.165, 1.54) is 38.7 Å². The second-order valence-electron chi connectivity index (χ2n) is 9.18. The molecule has 1 aliphatic rings. The predicted molar refractivity (Wildman–Crippen MR) is 125 cm³/mol. The van der Waals surface area contributed by atoms with Gasteiger partial charge in [0.05, 0.1) is 0 Å². The van der Waals surface area contributed by atoms with Crippen LogP contribution in [0.5, 0.6) is 0 Å². The van der Waals surface area contributed by atoms with E-state index in [0.29, 0.717) is 24.5 Å². The molecule has 1 heterocycles. The summed E-state index contributed by atoms with van der Waals surface area (Å²) in [4.78, 5) is 0. The number of benzene rings is 3. The fourth-order valence-corrected chi connectivity index (χ4v) is 4.81. The van der Waals surface area contributed by atoms with E-state index in [9.17, 15) is 0 Å². The topological polar surface area (TPSA) is 0 Å². The highest BCUT2D eigenvalue weighted by Gasteiger charge is 2.36. The van der Waals surface area contributed by atoms with Gasteiger partial charge < -0.3 is 0 Å². The van der Waals surface area contributed by atoms with Crippen molar-refractivity contribution in [3.8, 4) is 11.1 Å². The molecule has 0 N–H and O–H groups in total. The molecular formula is C27H31B. The van der Waals surface area contributed by atoms with Gasteiger partial charge in [-0.1, -0.05) is 119 Å². The van der Waals surface area contributed by atoms with Gasteiger partial charge in [0.25, 0.3) is 0 Å². The SMILES string of the molecule is CC(C)c1cc(C(C)C)c(B2c3ccccc3-c3ccccc32)c(C(C)C)c1. The van der Waals surface area contributed by atoms with Crippen LogP contribution < -0.4 is 16.4 Å². The fourth-order valence-electron chi connectivity index (χ4n) is 4.81. The molecule has 0 fully saturated rings. The van der Waals surface area contributed by atoms with E-state index >= 15 is 0 Å². The molecule has 0 atom stereocenters. The summed E-state index contributed by atoms with van der Waals surface area (Å²) in [6.07, 6.45) is 0. The maximum atomic E-state index is 2.49. The summed E-state index contributed by atoms with van der Waals surface area (Å²) in [5.41, 5.74) is 11.8. The van der Waals surface area contributed by atoms with Crippen LogP contribution in [0, 0.1) is 0 Å². The normalized spacial score (nSPS) is 12.8. The number of hydrogen-bond acceptors (Lipinski definition) is 0. The standard InChI is InChI=1S/C27H31B/c1-17(2)20-15-23(18(3)4)27(24(16-20)19(5)6)28-25-13-9-7-11-21(25)22-12-8-10-14-26(22)28/h7-19H,1-6H3. The van der Waals surface area contributed by atoms with Crippen LogP contribution in [-0.4, -0.2) is 6.71 Å². The summed E-state index contributed by atoms with van der Waals surface area (Å²) in [5.74, 6) is 1.56. The Bertz CT molecular complexity index is 936. The van der Waals surface area contributed by atoms with Crippen molar-refractivity contribution in [1.29, 1.82) is 0 Å². The van der Waals surface area contributed by atoms with E-state index in [0.717, 1.165) is 0 Å². The van der Waals surface area contributed by atoms with Gasteiger partial charge in [-0.3, -0.25) is 0 Å². The van der Waals surface area contributed by atoms with E-state index in [1.807, 2.05) is 0 Å². The predicted octanol–water partition coefficient (Wildman–Crippen LogP) is 5.55. The maximum absolute atomic E-state index is 2.49. The minimum absolute atomic E-state index is 0.336. The molecule has 0 spiro atoms. The van der Waals surface area contributed by atoms with Crippen LogP contribution in [0.15, 0.2) is 60.7 Å². The van der Waals surface area contributed by atoms with Crippen LogP contribution in [0.3, 0.4) is 0 Å². The lowest BCUT2D eigenvalue weighted by molar-refractivity contribution is 0.812. The van der Waals surface area contributed by atoms with E-state index in [1.54, 1.807) is 5.46 Å². The molecule has 0 radical (unpaired) electrons. The third kappa shape index (κ3) is 3.02. The zero-order valence-corrected chi connectivity index (χ0v) is 18.1. The van der Waals surface area contributed by atoms with E-state index < -0.39 is 0 Å². The first-order valence-electron chi connectivity index (χ1n) is 10.8. The molecule has 0 aromatic heterocycles. The zero-order chi connectivity index (χ0) is 20.0. The smallest absolute Gasteiger partial charge is 0.0664 e. The first-order valence-corrected chi connectivity index (χ1v) is 10.8. The molecule has 28 heavy (non-hydrogen) atoms. The van der Waals surface area contributed by atoms with Gasteiger partial charge in [0.2, 0.25) is 6.71 Å². The Morgan fingerprint density at radius 2 is 1.00 bits per heavy atom. The quantitative estimate of drug-likeness (QED) is 0.415. The summed E-state index contributed by atoms with van der Waals surface area (Å²) < 4.78 is 0. The Morgan fingerprint density at radius 1 is 0.571 bits per heavy atom. The van der Waals surface area contributed by atoms with Crippen LogP contribution in [0.1, 0.15) is 76.0 Å². The van der Waals surface area contributed by atoms with Gasteiger partial charge in [-0.2, -0.15) is 0 Å². The minimum Gasteiger partial charge on any atom is -0.0664 e. The maximum Gasteiger partial charge on any atom is 0.243 e. The summed E-state index contributed by atoms with van der Waals surface area (Å²) in [5, 5.41) is 0. The summed E-state index contributed by atoms with van der Waals surface area (Å²) in [6, 6.07) is 23.0. The molecule has 0 amide bonds. The van der Waals surface area contributed by atoms with Crippen LogP contribution >= 0.6 is 0 Å². The molecule has 0 nitrogen and oxygen atoms in total. The second-order valence-corrected chi connectivity index (χ2v) is 9.18. The number of rotatable bonds is 4. The lowest BCUT2D eigenvalue weighted by Gasteiger charge is -2.26. The lowest BCUT2D eigenvalue weighted by atomic mass is 9.36. The largest absolute Gasteiger partial charge is 0.243 e. The van der Waals surface area contributed by atoms with Crippen LogP contribution in [-0.2, 0) is 0 Å². The van der Waals surface area contributed by atoms with Crippen molar-refractivity contribution in [1.82, 2.24) is 0 Å². The monoisotopic (exact) mass is 366 g/mol. The van der Waals surface area contributed by atoms with Crippen molar-refractivity contribution >= 4 is 23.1 Å². The Labute approximate surface area is 171 Å². The Morgan fingerprint density at radius 3 is 1.39 bits per heavy atom. The first kappa shape index (κ1) is 19.1. The highest BCUT2D eigenvalue weighted by molar-refractivity contribution is 6.99. The molecular weight excluding hydrogens is 335 g/mol. The average molecular weight is 366 g/mol. The van der Waals surface area contributed by atoms with Gasteiger partial charge >= 0.3 is 0 Å². The lowest BCUT2D eigenvalue weighted by Crippen LogP contribution is -2.52. The van der Waals surface area contributed by atoms with Gasteiger partial charge in [0.1, 0.15) is 0 Å². The minimum atomic E-state index is 0.336. The highest BCUT2D eigenvalue weighted by atomic mass is 14.2. The third-order valence-electron chi connectivity index (χ3n) is 6.30. The van der Waals surface area contributed by atoms with Crippen molar-refractivity contribution in [2.75, 3.05) is 0 Å². The number of hydrogen-bond donors (Lipinski definition) is 0. The Balaban J connectivity index is 2.07. The van der Waals surface area contributed by atoms with Crippen LogP contribution in [0.25, 0.3) is 11.1 Å². The fraction of sp³-hybridized carbons (Fsp3) is 0.333. The second kappa shape index (κ2) is 7.28. The van der Waals surface area contributed by atoms with Gasteiger partial charge in [-0.25, -0.2) is 0 Å². The van der Waals surface area contributed by atoms with Crippen molar-refractivity contribution in [2.45, 2.75) is 59.3 Å². The first-order chi connectivity index (χ1) is 13.4. The van der Waals surface area contributed by atoms with Crippen molar-refractivity contribution in [2.24, 2.45) is 0 Å². The number of fused-ring (bicyclic) bond motifs is 3. The molecule has 0 aliphatic carbocycles. The Kier molecular flexibility index (Phi) is 4.95. The highest BCUT2D eigenvalue weighted by Crippen LogP contribution is 2.29. The van der Waals surface area contributed by atoms with Gasteiger partial charge in [-0.15, -0.1) is 0 Å². The van der Waals surface area contributed by atoms with Crippen LogP contribution in [0.2, 0.25) is 0 Å².